The fraction of sp³-hybridized carbons (Fsp3) is 0.556. The van der Waals surface area contributed by atoms with Gasteiger partial charge in [0, 0.05) is 37.7 Å². The summed E-state index contributed by atoms with van der Waals surface area (Å²) in [6, 6.07) is 5.59. The first-order valence-corrected chi connectivity index (χ1v) is 8.54. The molecule has 1 aliphatic rings. The number of aromatic nitrogens is 2. The third kappa shape index (κ3) is 3.99. The zero-order valence-electron chi connectivity index (χ0n) is 14.6. The fourth-order valence-electron chi connectivity index (χ4n) is 3.15. The monoisotopic (exact) mass is 332 g/mol. The van der Waals surface area contributed by atoms with E-state index >= 15 is 0 Å². The Labute approximate surface area is 142 Å². The van der Waals surface area contributed by atoms with Gasteiger partial charge in [0.05, 0.1) is 0 Å². The predicted molar refractivity (Wildman–Crippen MR) is 91.3 cm³/mol. The molecule has 3 rings (SSSR count). The van der Waals surface area contributed by atoms with Crippen molar-refractivity contribution in [2.45, 2.75) is 32.7 Å². The van der Waals surface area contributed by atoms with Gasteiger partial charge in [-0.05, 0) is 45.5 Å². The van der Waals surface area contributed by atoms with E-state index in [2.05, 4.69) is 33.9 Å². The Kier molecular flexibility index (Phi) is 5.26. The average molecular weight is 332 g/mol. The van der Waals surface area contributed by atoms with Crippen LogP contribution in [0, 0.1) is 12.7 Å². The molecule has 0 N–H and O–H groups in total. The molecule has 1 saturated heterocycles. The normalized spacial score (nSPS) is 19.8. The van der Waals surface area contributed by atoms with Gasteiger partial charge in [0.15, 0.2) is 0 Å². The molecule has 130 valence electrons. The Bertz CT molecular complexity index is 687. The fourth-order valence-corrected chi connectivity index (χ4v) is 3.15. The summed E-state index contributed by atoms with van der Waals surface area (Å²) in [6.07, 6.45) is 1.73. The van der Waals surface area contributed by atoms with Crippen LogP contribution in [-0.2, 0) is 6.42 Å². The first kappa shape index (κ1) is 17.0. The van der Waals surface area contributed by atoms with E-state index in [1.165, 1.54) is 6.07 Å². The highest BCUT2D eigenvalue weighted by Gasteiger charge is 2.21. The molecule has 1 aromatic heterocycles. The zero-order chi connectivity index (χ0) is 17.1. The first-order valence-electron chi connectivity index (χ1n) is 8.54. The maximum absolute atomic E-state index is 13.6. The van der Waals surface area contributed by atoms with Crippen LogP contribution in [0.15, 0.2) is 22.7 Å². The van der Waals surface area contributed by atoms with E-state index in [-0.39, 0.29) is 5.82 Å². The van der Waals surface area contributed by atoms with E-state index < -0.39 is 0 Å². The Balaban J connectivity index is 1.54. The Hall–Kier alpha value is -1.79. The molecule has 0 radical (unpaired) electrons. The highest BCUT2D eigenvalue weighted by Crippen LogP contribution is 2.19. The van der Waals surface area contributed by atoms with Crippen LogP contribution >= 0.6 is 0 Å². The number of hydrogen-bond donors (Lipinski definition) is 0. The lowest BCUT2D eigenvalue weighted by Gasteiger charge is -2.38. The van der Waals surface area contributed by atoms with Crippen LogP contribution in [0.25, 0.3) is 11.4 Å². The number of likely N-dealkylation sites (N-methyl/N-ethyl adjacent to an activating group) is 1. The minimum Gasteiger partial charge on any atom is -0.339 e. The topological polar surface area (TPSA) is 45.4 Å². The van der Waals surface area contributed by atoms with Gasteiger partial charge in [0.2, 0.25) is 11.7 Å². The van der Waals surface area contributed by atoms with Crippen molar-refractivity contribution in [1.82, 2.24) is 19.9 Å². The van der Waals surface area contributed by atoms with Gasteiger partial charge in [-0.25, -0.2) is 4.39 Å². The quantitative estimate of drug-likeness (QED) is 0.842. The molecule has 0 aliphatic carbocycles. The molecule has 0 bridgehead atoms. The average Bonchev–Trinajstić information content (AvgIpc) is 3.01. The molecule has 24 heavy (non-hydrogen) atoms. The van der Waals surface area contributed by atoms with E-state index in [0.717, 1.165) is 39.0 Å². The van der Waals surface area contributed by atoms with Crippen LogP contribution in [0.2, 0.25) is 0 Å². The van der Waals surface area contributed by atoms with Crippen molar-refractivity contribution in [1.29, 1.82) is 0 Å². The molecule has 2 heterocycles. The molecule has 1 aromatic carbocycles. The molecule has 1 fully saturated rings. The summed E-state index contributed by atoms with van der Waals surface area (Å²) in [7, 11) is 2.17. The number of nitrogens with zero attached hydrogens (tertiary/aromatic N) is 4. The maximum atomic E-state index is 13.6. The van der Waals surface area contributed by atoms with Crippen LogP contribution in [0.4, 0.5) is 4.39 Å². The molecule has 1 atom stereocenters. The van der Waals surface area contributed by atoms with Crippen molar-refractivity contribution < 1.29 is 8.91 Å². The van der Waals surface area contributed by atoms with Crippen LogP contribution in [-0.4, -0.2) is 59.2 Å². The van der Waals surface area contributed by atoms with Crippen LogP contribution < -0.4 is 0 Å². The summed E-state index contributed by atoms with van der Waals surface area (Å²) >= 11 is 0. The molecular formula is C18H25FN4O. The van der Waals surface area contributed by atoms with Gasteiger partial charge in [0.1, 0.15) is 5.82 Å². The van der Waals surface area contributed by atoms with Crippen molar-refractivity contribution >= 4 is 0 Å². The second kappa shape index (κ2) is 7.40. The largest absolute Gasteiger partial charge is 0.339 e. The summed E-state index contributed by atoms with van der Waals surface area (Å²) in [5, 5.41) is 3.97. The molecule has 0 spiro atoms. The summed E-state index contributed by atoms with van der Waals surface area (Å²) in [5.41, 5.74) is 1.27. The summed E-state index contributed by atoms with van der Waals surface area (Å²) in [4.78, 5) is 9.27. The van der Waals surface area contributed by atoms with Crippen LogP contribution in [0.3, 0.4) is 0 Å². The second-order valence-corrected chi connectivity index (χ2v) is 6.73. The lowest BCUT2D eigenvalue weighted by atomic mass is 10.1. The van der Waals surface area contributed by atoms with Crippen LogP contribution in [0.5, 0.6) is 0 Å². The second-order valence-electron chi connectivity index (χ2n) is 6.73. The smallest absolute Gasteiger partial charge is 0.227 e. The van der Waals surface area contributed by atoms with E-state index in [1.54, 1.807) is 13.0 Å². The molecule has 5 nitrogen and oxygen atoms in total. The Morgan fingerprint density at radius 1 is 1.33 bits per heavy atom. The molecule has 1 aliphatic heterocycles. The van der Waals surface area contributed by atoms with Crippen LogP contribution in [0.1, 0.15) is 24.8 Å². The SMILES string of the molecule is Cc1ccc(-c2noc(CCCN3CCN(C)C[C@H]3C)n2)cc1F. The standard InChI is InChI=1S/C18H25FN4O/c1-13-6-7-15(11-16(13)19)18-20-17(24-21-18)5-4-8-23-10-9-22(3)12-14(23)2/h6-7,11,14H,4-5,8-10,12H2,1-3H3/t14-/m1/s1. The third-order valence-corrected chi connectivity index (χ3v) is 4.70. The molecular weight excluding hydrogens is 307 g/mol. The van der Waals surface area contributed by atoms with Crippen molar-refractivity contribution in [3.63, 3.8) is 0 Å². The van der Waals surface area contributed by atoms with Gasteiger partial charge in [-0.1, -0.05) is 17.3 Å². The van der Waals surface area contributed by atoms with Crippen molar-refractivity contribution in [3.8, 4) is 11.4 Å². The predicted octanol–water partition coefficient (Wildman–Crippen LogP) is 2.75. The minimum atomic E-state index is -0.247. The minimum absolute atomic E-state index is 0.247. The summed E-state index contributed by atoms with van der Waals surface area (Å²) in [5.74, 6) is 0.826. The first-order chi connectivity index (χ1) is 11.5. The maximum Gasteiger partial charge on any atom is 0.227 e. The molecule has 0 unspecified atom stereocenters. The van der Waals surface area contributed by atoms with E-state index in [9.17, 15) is 4.39 Å². The number of aryl methyl sites for hydroxylation is 2. The Morgan fingerprint density at radius 2 is 2.17 bits per heavy atom. The summed E-state index contributed by atoms with van der Waals surface area (Å²) in [6.45, 7) is 8.38. The van der Waals surface area contributed by atoms with E-state index in [0.29, 0.717) is 28.9 Å². The number of halogens is 1. The molecule has 6 heteroatoms. The number of benzene rings is 1. The van der Waals surface area contributed by atoms with Gasteiger partial charge in [0.25, 0.3) is 0 Å². The highest BCUT2D eigenvalue weighted by atomic mass is 19.1. The van der Waals surface area contributed by atoms with Gasteiger partial charge in [-0.3, -0.25) is 4.90 Å². The lowest BCUT2D eigenvalue weighted by molar-refractivity contribution is 0.0986. The van der Waals surface area contributed by atoms with Crippen molar-refractivity contribution in [2.24, 2.45) is 0 Å². The molecule has 0 saturated carbocycles. The van der Waals surface area contributed by atoms with E-state index in [4.69, 9.17) is 4.52 Å². The molecule has 0 amide bonds. The molecule has 2 aromatic rings. The third-order valence-electron chi connectivity index (χ3n) is 4.70. The summed E-state index contributed by atoms with van der Waals surface area (Å²) < 4.78 is 19.0. The van der Waals surface area contributed by atoms with Gasteiger partial charge >= 0.3 is 0 Å². The highest BCUT2D eigenvalue weighted by molar-refractivity contribution is 5.54. The Morgan fingerprint density at radius 3 is 2.92 bits per heavy atom. The van der Waals surface area contributed by atoms with Crippen molar-refractivity contribution in [3.05, 3.63) is 35.5 Å². The number of hydrogen-bond acceptors (Lipinski definition) is 5. The zero-order valence-corrected chi connectivity index (χ0v) is 14.6. The van der Waals surface area contributed by atoms with Gasteiger partial charge in [-0.15, -0.1) is 0 Å². The van der Waals surface area contributed by atoms with Crippen molar-refractivity contribution in [2.75, 3.05) is 33.2 Å². The van der Waals surface area contributed by atoms with Gasteiger partial charge in [-0.2, -0.15) is 4.98 Å². The number of piperazine rings is 1. The number of rotatable bonds is 5. The lowest BCUT2D eigenvalue weighted by Crippen LogP contribution is -2.50. The van der Waals surface area contributed by atoms with Gasteiger partial charge < -0.3 is 9.42 Å². The van der Waals surface area contributed by atoms with E-state index in [1.807, 2.05) is 6.07 Å².